The number of carbonyl (C=O) groups excluding carboxylic acids is 3. The van der Waals surface area contributed by atoms with E-state index in [-0.39, 0.29) is 37.1 Å². The molecular weight excluding hydrogens is 236 g/mol. The Morgan fingerprint density at radius 3 is 2.72 bits per heavy atom. The molecule has 0 bridgehead atoms. The van der Waals surface area contributed by atoms with E-state index in [1.807, 2.05) is 6.92 Å². The summed E-state index contributed by atoms with van der Waals surface area (Å²) in [6, 6.07) is -0.408. The maximum Gasteiger partial charge on any atom is 0.334 e. The van der Waals surface area contributed by atoms with Crippen molar-refractivity contribution in [1.82, 2.24) is 10.2 Å². The van der Waals surface area contributed by atoms with Gasteiger partial charge >= 0.3 is 5.97 Å². The van der Waals surface area contributed by atoms with Gasteiger partial charge in [-0.05, 0) is 13.3 Å². The van der Waals surface area contributed by atoms with E-state index in [0.29, 0.717) is 6.42 Å². The Labute approximate surface area is 106 Å². The summed E-state index contributed by atoms with van der Waals surface area (Å²) in [5, 5.41) is 2.27. The van der Waals surface area contributed by atoms with Crippen LogP contribution in [0.5, 0.6) is 0 Å². The van der Waals surface area contributed by atoms with E-state index in [9.17, 15) is 14.4 Å². The van der Waals surface area contributed by atoms with Crippen LogP contribution in [0.4, 0.5) is 0 Å². The Kier molecular flexibility index (Phi) is 5.03. The number of hydrogen-bond donors (Lipinski definition) is 1. The second kappa shape index (κ2) is 6.30. The van der Waals surface area contributed by atoms with Crippen molar-refractivity contribution in [3.8, 4) is 0 Å². The zero-order chi connectivity index (χ0) is 13.7. The first-order valence-electron chi connectivity index (χ1n) is 5.92. The van der Waals surface area contributed by atoms with Gasteiger partial charge in [0.25, 0.3) is 0 Å². The highest BCUT2D eigenvalue weighted by Gasteiger charge is 2.33. The van der Waals surface area contributed by atoms with Crippen molar-refractivity contribution in [3.05, 3.63) is 12.2 Å². The van der Waals surface area contributed by atoms with Gasteiger partial charge in [-0.2, -0.15) is 0 Å². The topological polar surface area (TPSA) is 75.7 Å². The van der Waals surface area contributed by atoms with Crippen LogP contribution < -0.4 is 5.32 Å². The van der Waals surface area contributed by atoms with Crippen LogP contribution >= 0.6 is 0 Å². The number of carbonyl (C=O) groups is 3. The van der Waals surface area contributed by atoms with Crippen LogP contribution in [0.1, 0.15) is 20.3 Å². The van der Waals surface area contributed by atoms with Gasteiger partial charge in [0.1, 0.15) is 0 Å². The summed E-state index contributed by atoms with van der Waals surface area (Å²) < 4.78 is 4.82. The van der Waals surface area contributed by atoms with Gasteiger partial charge in [0.05, 0.1) is 19.2 Å². The average molecular weight is 254 g/mol. The summed E-state index contributed by atoms with van der Waals surface area (Å²) in [5.41, 5.74) is 0.248. The summed E-state index contributed by atoms with van der Waals surface area (Å²) in [7, 11) is 0. The summed E-state index contributed by atoms with van der Waals surface area (Å²) in [5.74, 6) is -1.18. The summed E-state index contributed by atoms with van der Waals surface area (Å²) in [6.07, 6.45) is 0.565. The zero-order valence-corrected chi connectivity index (χ0v) is 10.7. The molecule has 1 aliphatic heterocycles. The number of nitrogens with zero attached hydrogens (tertiary/aromatic N) is 1. The normalized spacial score (nSPS) is 20.4. The van der Waals surface area contributed by atoms with Gasteiger partial charge in [-0.15, -0.1) is 0 Å². The van der Waals surface area contributed by atoms with Gasteiger partial charge in [0.2, 0.25) is 11.8 Å². The van der Waals surface area contributed by atoms with Crippen molar-refractivity contribution >= 4 is 17.8 Å². The second-order valence-corrected chi connectivity index (χ2v) is 4.07. The lowest BCUT2D eigenvalue weighted by Crippen LogP contribution is -2.58. The predicted molar refractivity (Wildman–Crippen MR) is 64.6 cm³/mol. The first kappa shape index (κ1) is 14.4. The standard InChI is InChI=1S/C12H18N2O4/c1-4-9-11(16)13-10(15)7-14(9)6-8(3)12(17)18-5-2/h9H,3-7H2,1-2H3,(H,13,15,16). The molecule has 6 nitrogen and oxygen atoms in total. The van der Waals surface area contributed by atoms with Crippen LogP contribution in [-0.2, 0) is 19.1 Å². The van der Waals surface area contributed by atoms with Crippen LogP contribution in [0.3, 0.4) is 0 Å². The Morgan fingerprint density at radius 1 is 1.50 bits per heavy atom. The Bertz CT molecular complexity index is 378. The van der Waals surface area contributed by atoms with Crippen LogP contribution in [-0.4, -0.2) is 48.4 Å². The highest BCUT2D eigenvalue weighted by atomic mass is 16.5. The van der Waals surface area contributed by atoms with Gasteiger partial charge in [-0.3, -0.25) is 19.8 Å². The average Bonchev–Trinajstić information content (AvgIpc) is 2.28. The summed E-state index contributed by atoms with van der Waals surface area (Å²) in [6.45, 7) is 7.70. The molecule has 18 heavy (non-hydrogen) atoms. The third-order valence-electron chi connectivity index (χ3n) is 2.70. The first-order valence-corrected chi connectivity index (χ1v) is 5.92. The molecule has 0 radical (unpaired) electrons. The fourth-order valence-electron chi connectivity index (χ4n) is 1.87. The lowest BCUT2D eigenvalue weighted by atomic mass is 10.1. The number of rotatable bonds is 5. The van der Waals surface area contributed by atoms with Gasteiger partial charge in [-0.1, -0.05) is 13.5 Å². The lowest BCUT2D eigenvalue weighted by molar-refractivity contribution is -0.143. The van der Waals surface area contributed by atoms with E-state index in [1.165, 1.54) is 0 Å². The van der Waals surface area contributed by atoms with Crippen molar-refractivity contribution < 1.29 is 19.1 Å². The molecule has 1 heterocycles. The zero-order valence-electron chi connectivity index (χ0n) is 10.7. The molecule has 0 spiro atoms. The molecule has 1 rings (SSSR count). The molecule has 1 aliphatic rings. The Balaban J connectivity index is 2.68. The largest absolute Gasteiger partial charge is 0.463 e. The van der Waals surface area contributed by atoms with E-state index in [4.69, 9.17) is 4.74 Å². The highest BCUT2D eigenvalue weighted by Crippen LogP contribution is 2.11. The quantitative estimate of drug-likeness (QED) is 0.419. The molecular formula is C12H18N2O4. The molecule has 100 valence electrons. The number of ether oxygens (including phenoxy) is 1. The Hall–Kier alpha value is -1.69. The molecule has 1 saturated heterocycles. The van der Waals surface area contributed by atoms with Crippen LogP contribution in [0.25, 0.3) is 0 Å². The van der Waals surface area contributed by atoms with Crippen molar-refractivity contribution in [2.45, 2.75) is 26.3 Å². The summed E-state index contributed by atoms with van der Waals surface area (Å²) >= 11 is 0. The van der Waals surface area contributed by atoms with Crippen molar-refractivity contribution in [1.29, 1.82) is 0 Å². The summed E-state index contributed by atoms with van der Waals surface area (Å²) in [4.78, 5) is 36.0. The maximum atomic E-state index is 11.6. The number of imide groups is 1. The molecule has 0 aromatic rings. The van der Waals surface area contributed by atoms with Crippen molar-refractivity contribution in [2.75, 3.05) is 19.7 Å². The third kappa shape index (κ3) is 3.40. The van der Waals surface area contributed by atoms with Crippen molar-refractivity contribution in [3.63, 3.8) is 0 Å². The van der Waals surface area contributed by atoms with Gasteiger partial charge in [0, 0.05) is 12.1 Å². The monoisotopic (exact) mass is 254 g/mol. The molecule has 1 N–H and O–H groups in total. The molecule has 0 saturated carbocycles. The van der Waals surface area contributed by atoms with Crippen LogP contribution in [0.15, 0.2) is 12.2 Å². The minimum Gasteiger partial charge on any atom is -0.463 e. The lowest BCUT2D eigenvalue weighted by Gasteiger charge is -2.33. The number of amides is 2. The third-order valence-corrected chi connectivity index (χ3v) is 2.70. The molecule has 0 aromatic carbocycles. The second-order valence-electron chi connectivity index (χ2n) is 4.07. The van der Waals surface area contributed by atoms with E-state index in [0.717, 1.165) is 0 Å². The fourth-order valence-corrected chi connectivity index (χ4v) is 1.87. The minimum atomic E-state index is -0.495. The van der Waals surface area contributed by atoms with Crippen molar-refractivity contribution in [2.24, 2.45) is 0 Å². The van der Waals surface area contributed by atoms with Crippen LogP contribution in [0, 0.1) is 0 Å². The number of hydrogen-bond acceptors (Lipinski definition) is 5. The van der Waals surface area contributed by atoms with Gasteiger partial charge in [-0.25, -0.2) is 4.79 Å². The highest BCUT2D eigenvalue weighted by molar-refractivity contribution is 6.01. The van der Waals surface area contributed by atoms with E-state index >= 15 is 0 Å². The molecule has 1 unspecified atom stereocenters. The first-order chi connectivity index (χ1) is 8.49. The Morgan fingerprint density at radius 2 is 2.17 bits per heavy atom. The molecule has 1 fully saturated rings. The number of esters is 1. The molecule has 2 amide bonds. The van der Waals surface area contributed by atoms with E-state index in [2.05, 4.69) is 11.9 Å². The molecule has 6 heteroatoms. The fraction of sp³-hybridized carbons (Fsp3) is 0.583. The van der Waals surface area contributed by atoms with Crippen LogP contribution in [0.2, 0.25) is 0 Å². The van der Waals surface area contributed by atoms with Gasteiger partial charge in [0.15, 0.2) is 0 Å². The molecule has 0 aromatic heterocycles. The van der Waals surface area contributed by atoms with E-state index < -0.39 is 12.0 Å². The smallest absolute Gasteiger partial charge is 0.334 e. The molecule has 1 atom stereocenters. The number of nitrogens with one attached hydrogen (secondary N) is 1. The molecule has 0 aliphatic carbocycles. The predicted octanol–water partition coefficient (Wildman–Crippen LogP) is -0.157. The van der Waals surface area contributed by atoms with Gasteiger partial charge < -0.3 is 4.74 Å². The van der Waals surface area contributed by atoms with E-state index in [1.54, 1.807) is 11.8 Å². The SMILES string of the molecule is C=C(CN1CC(=O)NC(=O)C1CC)C(=O)OCC. The number of piperazine rings is 1. The minimum absolute atomic E-state index is 0.0860. The maximum absolute atomic E-state index is 11.6.